The molecule has 0 radical (unpaired) electrons. The second-order valence-corrected chi connectivity index (χ2v) is 5.00. The molecular formula is C10H16O. The molecule has 0 spiro atoms. The van der Waals surface area contributed by atoms with Crippen molar-refractivity contribution in [3.63, 3.8) is 0 Å². The Balaban J connectivity index is 2.33. The van der Waals surface area contributed by atoms with E-state index in [2.05, 4.69) is 13.8 Å². The van der Waals surface area contributed by atoms with Crippen molar-refractivity contribution in [3.8, 4) is 0 Å². The van der Waals surface area contributed by atoms with E-state index in [1.807, 2.05) is 0 Å². The molecule has 0 N–H and O–H groups in total. The lowest BCUT2D eigenvalue weighted by molar-refractivity contribution is -0.125. The van der Waals surface area contributed by atoms with Gasteiger partial charge in [0.1, 0.15) is 5.78 Å². The van der Waals surface area contributed by atoms with Gasteiger partial charge in [-0.1, -0.05) is 20.3 Å². The van der Waals surface area contributed by atoms with Gasteiger partial charge in [-0.3, -0.25) is 4.79 Å². The van der Waals surface area contributed by atoms with Crippen LogP contribution < -0.4 is 0 Å². The van der Waals surface area contributed by atoms with E-state index in [1.165, 1.54) is 12.8 Å². The van der Waals surface area contributed by atoms with E-state index in [0.29, 0.717) is 11.2 Å². The molecule has 0 heterocycles. The van der Waals surface area contributed by atoms with E-state index in [0.717, 1.165) is 19.3 Å². The van der Waals surface area contributed by atoms with Gasteiger partial charge in [-0.15, -0.1) is 0 Å². The molecule has 2 rings (SSSR count). The molecule has 11 heavy (non-hydrogen) atoms. The number of rotatable bonds is 0. The second kappa shape index (κ2) is 1.88. The zero-order chi connectivity index (χ0) is 8.11. The van der Waals surface area contributed by atoms with Crippen molar-refractivity contribution in [2.75, 3.05) is 0 Å². The highest BCUT2D eigenvalue weighted by Crippen LogP contribution is 2.55. The summed E-state index contributed by atoms with van der Waals surface area (Å²) in [4.78, 5) is 11.6. The fraction of sp³-hybridized carbons (Fsp3) is 0.900. The van der Waals surface area contributed by atoms with E-state index in [1.54, 1.807) is 0 Å². The Morgan fingerprint density at radius 3 is 2.55 bits per heavy atom. The van der Waals surface area contributed by atoms with Crippen molar-refractivity contribution >= 4 is 5.78 Å². The summed E-state index contributed by atoms with van der Waals surface area (Å²) in [6.07, 6.45) is 5.68. The zero-order valence-corrected chi connectivity index (χ0v) is 7.44. The van der Waals surface area contributed by atoms with Gasteiger partial charge in [-0.05, 0) is 24.7 Å². The maximum Gasteiger partial charge on any atom is 0.139 e. The summed E-state index contributed by atoms with van der Waals surface area (Å²) in [5.74, 6) is 0.525. The van der Waals surface area contributed by atoms with E-state index < -0.39 is 0 Å². The normalized spacial score (nSPS) is 49.8. The van der Waals surface area contributed by atoms with E-state index >= 15 is 0 Å². The summed E-state index contributed by atoms with van der Waals surface area (Å²) in [6, 6.07) is 0. The first-order valence-electron chi connectivity index (χ1n) is 4.58. The molecule has 0 aromatic rings. The highest BCUT2D eigenvalue weighted by atomic mass is 16.1. The Hall–Kier alpha value is -0.330. The van der Waals surface area contributed by atoms with Crippen LogP contribution in [0.5, 0.6) is 0 Å². The molecule has 2 unspecified atom stereocenters. The molecule has 1 nitrogen and oxygen atoms in total. The molecule has 2 bridgehead atoms. The van der Waals surface area contributed by atoms with Crippen LogP contribution in [0.3, 0.4) is 0 Å². The van der Waals surface area contributed by atoms with Gasteiger partial charge in [0.05, 0.1) is 0 Å². The smallest absolute Gasteiger partial charge is 0.139 e. The van der Waals surface area contributed by atoms with Gasteiger partial charge in [0.25, 0.3) is 0 Å². The van der Waals surface area contributed by atoms with Crippen LogP contribution in [0.25, 0.3) is 0 Å². The van der Waals surface area contributed by atoms with Crippen molar-refractivity contribution in [2.24, 2.45) is 10.8 Å². The van der Waals surface area contributed by atoms with E-state index in [9.17, 15) is 4.79 Å². The van der Waals surface area contributed by atoms with Crippen molar-refractivity contribution in [1.82, 2.24) is 0 Å². The molecular weight excluding hydrogens is 136 g/mol. The maximum absolute atomic E-state index is 11.6. The van der Waals surface area contributed by atoms with E-state index in [4.69, 9.17) is 0 Å². The van der Waals surface area contributed by atoms with Gasteiger partial charge >= 0.3 is 0 Å². The van der Waals surface area contributed by atoms with Crippen LogP contribution in [0.4, 0.5) is 0 Å². The Morgan fingerprint density at radius 2 is 2.00 bits per heavy atom. The molecule has 0 aliphatic heterocycles. The van der Waals surface area contributed by atoms with Gasteiger partial charge in [-0.25, -0.2) is 0 Å². The molecule has 2 atom stereocenters. The zero-order valence-electron chi connectivity index (χ0n) is 7.44. The molecule has 2 aliphatic carbocycles. The third-order valence-electron chi connectivity index (χ3n) is 3.59. The van der Waals surface area contributed by atoms with Crippen LogP contribution in [0.15, 0.2) is 0 Å². The minimum Gasteiger partial charge on any atom is -0.299 e. The molecule has 2 fully saturated rings. The van der Waals surface area contributed by atoms with Gasteiger partial charge in [-0.2, -0.15) is 0 Å². The Morgan fingerprint density at radius 1 is 1.27 bits per heavy atom. The SMILES string of the molecule is CC12CCCC(C)(C1)C(=O)C2. The van der Waals surface area contributed by atoms with Crippen molar-refractivity contribution in [3.05, 3.63) is 0 Å². The summed E-state index contributed by atoms with van der Waals surface area (Å²) in [5, 5.41) is 0. The number of Topliss-reactive ketones (excluding diaryl/α,β-unsaturated/α-hetero) is 1. The summed E-state index contributed by atoms with van der Waals surface area (Å²) in [5.41, 5.74) is 0.455. The van der Waals surface area contributed by atoms with Crippen molar-refractivity contribution < 1.29 is 4.79 Å². The highest BCUT2D eigenvalue weighted by Gasteiger charge is 2.51. The van der Waals surface area contributed by atoms with Crippen LogP contribution in [-0.4, -0.2) is 5.78 Å². The molecule has 62 valence electrons. The first-order chi connectivity index (χ1) is 5.04. The van der Waals surface area contributed by atoms with Crippen LogP contribution in [0.2, 0.25) is 0 Å². The molecule has 1 heteroatoms. The number of carbonyl (C=O) groups is 1. The van der Waals surface area contributed by atoms with Crippen molar-refractivity contribution in [1.29, 1.82) is 0 Å². The Labute approximate surface area is 68.2 Å². The molecule has 0 aromatic carbocycles. The molecule has 0 amide bonds. The fourth-order valence-electron chi connectivity index (χ4n) is 3.01. The maximum atomic E-state index is 11.6. The number of carbonyl (C=O) groups excluding carboxylic acids is 1. The standard InChI is InChI=1S/C10H16O/c1-9-4-3-5-10(2,7-9)8(11)6-9/h3-7H2,1-2H3. The quantitative estimate of drug-likeness (QED) is 0.521. The largest absolute Gasteiger partial charge is 0.299 e. The summed E-state index contributed by atoms with van der Waals surface area (Å²) in [7, 11) is 0. The topological polar surface area (TPSA) is 17.1 Å². The summed E-state index contributed by atoms with van der Waals surface area (Å²) >= 11 is 0. The third-order valence-corrected chi connectivity index (χ3v) is 3.59. The van der Waals surface area contributed by atoms with Gasteiger partial charge in [0, 0.05) is 11.8 Å². The van der Waals surface area contributed by atoms with Crippen LogP contribution in [-0.2, 0) is 4.79 Å². The van der Waals surface area contributed by atoms with Gasteiger partial charge in [0.2, 0.25) is 0 Å². The number of hydrogen-bond donors (Lipinski definition) is 0. The number of hydrogen-bond acceptors (Lipinski definition) is 1. The second-order valence-electron chi connectivity index (χ2n) is 5.00. The number of fused-ring (bicyclic) bond motifs is 2. The van der Waals surface area contributed by atoms with Gasteiger partial charge < -0.3 is 0 Å². The molecule has 0 aromatic heterocycles. The first kappa shape index (κ1) is 7.33. The summed E-state index contributed by atoms with van der Waals surface area (Å²) in [6.45, 7) is 4.43. The van der Waals surface area contributed by atoms with Crippen LogP contribution in [0.1, 0.15) is 46.0 Å². The highest BCUT2D eigenvalue weighted by molar-refractivity contribution is 5.87. The first-order valence-corrected chi connectivity index (χ1v) is 4.58. The monoisotopic (exact) mass is 152 g/mol. The van der Waals surface area contributed by atoms with Crippen LogP contribution in [0, 0.1) is 10.8 Å². The number of ketones is 1. The average molecular weight is 152 g/mol. The average Bonchev–Trinajstić information content (AvgIpc) is 1.99. The van der Waals surface area contributed by atoms with Crippen LogP contribution >= 0.6 is 0 Å². The lowest BCUT2D eigenvalue weighted by Gasteiger charge is -2.33. The predicted molar refractivity (Wildman–Crippen MR) is 44.3 cm³/mol. The Bertz CT molecular complexity index is 209. The predicted octanol–water partition coefficient (Wildman–Crippen LogP) is 2.55. The molecule has 2 saturated carbocycles. The summed E-state index contributed by atoms with van der Waals surface area (Å²) < 4.78 is 0. The molecule has 2 aliphatic rings. The lowest BCUT2D eigenvalue weighted by atomic mass is 9.71. The fourth-order valence-corrected chi connectivity index (χ4v) is 3.01. The van der Waals surface area contributed by atoms with Crippen molar-refractivity contribution in [2.45, 2.75) is 46.0 Å². The lowest BCUT2D eigenvalue weighted by Crippen LogP contribution is -2.25. The van der Waals surface area contributed by atoms with E-state index in [-0.39, 0.29) is 5.41 Å². The van der Waals surface area contributed by atoms with Gasteiger partial charge in [0.15, 0.2) is 0 Å². The minimum atomic E-state index is 0.0764. The Kier molecular flexibility index (Phi) is 1.25. The third kappa shape index (κ3) is 0.935. The molecule has 0 saturated heterocycles. The minimum absolute atomic E-state index is 0.0764.